The van der Waals surface area contributed by atoms with Crippen molar-refractivity contribution in [2.75, 3.05) is 17.7 Å². The van der Waals surface area contributed by atoms with Crippen LogP contribution in [0.5, 0.6) is 0 Å². The number of aromatic nitrogens is 1. The average molecular weight is 296 g/mol. The SMILES string of the molecule is CCOC(=O)c1cc(C#N)c(Nc2ccccc2N)nc1C. The van der Waals surface area contributed by atoms with Crippen molar-refractivity contribution < 1.29 is 9.53 Å². The molecule has 0 saturated carbocycles. The van der Waals surface area contributed by atoms with Crippen LogP contribution in [0.2, 0.25) is 0 Å². The van der Waals surface area contributed by atoms with E-state index < -0.39 is 5.97 Å². The third kappa shape index (κ3) is 3.15. The molecule has 0 amide bonds. The first-order chi connectivity index (χ1) is 10.6. The third-order valence-corrected chi connectivity index (χ3v) is 3.04. The number of hydrogen-bond acceptors (Lipinski definition) is 6. The number of nitrogens with one attached hydrogen (secondary N) is 1. The van der Waals surface area contributed by atoms with E-state index in [4.69, 9.17) is 10.5 Å². The highest BCUT2D eigenvalue weighted by atomic mass is 16.5. The quantitative estimate of drug-likeness (QED) is 0.664. The van der Waals surface area contributed by atoms with Crippen LogP contribution in [0.4, 0.5) is 17.2 Å². The molecule has 0 aliphatic heterocycles. The van der Waals surface area contributed by atoms with Gasteiger partial charge in [-0.1, -0.05) is 12.1 Å². The maximum atomic E-state index is 11.8. The fourth-order valence-electron chi connectivity index (χ4n) is 1.94. The number of nitrogen functional groups attached to an aromatic ring is 1. The molecule has 1 heterocycles. The number of anilines is 3. The van der Waals surface area contributed by atoms with Gasteiger partial charge in [0.2, 0.25) is 0 Å². The standard InChI is InChI=1S/C16H16N4O2/c1-3-22-16(21)12-8-11(9-17)15(19-10(12)2)20-14-7-5-4-6-13(14)18/h4-8H,3,18H2,1-2H3,(H,19,20). The Labute approximate surface area is 128 Å². The number of hydrogen-bond donors (Lipinski definition) is 2. The highest BCUT2D eigenvalue weighted by Crippen LogP contribution is 2.25. The second-order valence-electron chi connectivity index (χ2n) is 4.56. The van der Waals surface area contributed by atoms with Crippen molar-refractivity contribution in [2.24, 2.45) is 0 Å². The van der Waals surface area contributed by atoms with Crippen molar-refractivity contribution in [3.63, 3.8) is 0 Å². The Balaban J connectivity index is 2.42. The van der Waals surface area contributed by atoms with Crippen molar-refractivity contribution in [3.05, 3.63) is 47.2 Å². The van der Waals surface area contributed by atoms with Gasteiger partial charge >= 0.3 is 5.97 Å². The fourth-order valence-corrected chi connectivity index (χ4v) is 1.94. The molecule has 0 spiro atoms. The van der Waals surface area contributed by atoms with E-state index in [0.717, 1.165) is 0 Å². The van der Waals surface area contributed by atoms with Gasteiger partial charge < -0.3 is 15.8 Å². The monoisotopic (exact) mass is 296 g/mol. The Hall–Kier alpha value is -3.07. The van der Waals surface area contributed by atoms with Crippen LogP contribution in [-0.2, 0) is 4.74 Å². The van der Waals surface area contributed by atoms with Crippen LogP contribution in [0.25, 0.3) is 0 Å². The molecular formula is C16H16N4O2. The third-order valence-electron chi connectivity index (χ3n) is 3.04. The first-order valence-corrected chi connectivity index (χ1v) is 6.77. The lowest BCUT2D eigenvalue weighted by Gasteiger charge is -2.12. The number of rotatable bonds is 4. The van der Waals surface area contributed by atoms with Crippen LogP contribution in [0.15, 0.2) is 30.3 Å². The first kappa shape index (κ1) is 15.3. The Morgan fingerprint density at radius 2 is 2.18 bits per heavy atom. The molecule has 0 saturated heterocycles. The van der Waals surface area contributed by atoms with Gasteiger partial charge in [-0.05, 0) is 32.0 Å². The molecule has 2 rings (SSSR count). The molecule has 0 radical (unpaired) electrons. The number of pyridine rings is 1. The van der Waals surface area contributed by atoms with Crippen LogP contribution in [-0.4, -0.2) is 17.6 Å². The van der Waals surface area contributed by atoms with E-state index in [1.165, 1.54) is 6.07 Å². The number of nitrogens with two attached hydrogens (primary N) is 1. The zero-order valence-corrected chi connectivity index (χ0v) is 12.4. The largest absolute Gasteiger partial charge is 0.462 e. The molecule has 0 aliphatic rings. The summed E-state index contributed by atoms with van der Waals surface area (Å²) in [6.45, 7) is 3.67. The molecule has 6 heteroatoms. The van der Waals surface area contributed by atoms with Crippen LogP contribution < -0.4 is 11.1 Å². The number of benzene rings is 1. The van der Waals surface area contributed by atoms with Crippen LogP contribution >= 0.6 is 0 Å². The number of nitrogens with zero attached hydrogens (tertiary/aromatic N) is 2. The van der Waals surface area contributed by atoms with Gasteiger partial charge in [0.25, 0.3) is 0 Å². The topological polar surface area (TPSA) is 101 Å². The maximum absolute atomic E-state index is 11.8. The second kappa shape index (κ2) is 6.59. The molecule has 0 fully saturated rings. The molecule has 6 nitrogen and oxygen atoms in total. The molecule has 1 aromatic heterocycles. The van der Waals surface area contributed by atoms with Gasteiger partial charge in [0.05, 0.1) is 34.8 Å². The smallest absolute Gasteiger partial charge is 0.340 e. The highest BCUT2D eigenvalue weighted by Gasteiger charge is 2.16. The minimum atomic E-state index is -0.491. The summed E-state index contributed by atoms with van der Waals surface area (Å²) in [5, 5.41) is 12.3. The van der Waals surface area contributed by atoms with Crippen LogP contribution in [0, 0.1) is 18.3 Å². The zero-order chi connectivity index (χ0) is 16.1. The summed E-state index contributed by atoms with van der Waals surface area (Å²) in [5.41, 5.74) is 8.07. The van der Waals surface area contributed by atoms with Crippen LogP contribution in [0.1, 0.15) is 28.5 Å². The second-order valence-corrected chi connectivity index (χ2v) is 4.56. The fraction of sp³-hybridized carbons (Fsp3) is 0.188. The van der Waals surface area contributed by atoms with Crippen molar-refractivity contribution >= 4 is 23.2 Å². The Morgan fingerprint density at radius 1 is 1.45 bits per heavy atom. The molecule has 0 bridgehead atoms. The van der Waals surface area contributed by atoms with E-state index in [-0.39, 0.29) is 17.7 Å². The van der Waals surface area contributed by atoms with E-state index >= 15 is 0 Å². The minimum Gasteiger partial charge on any atom is -0.462 e. The van der Waals surface area contributed by atoms with E-state index in [1.54, 1.807) is 26.0 Å². The molecule has 3 N–H and O–H groups in total. The van der Waals surface area contributed by atoms with E-state index in [9.17, 15) is 10.1 Å². The molecule has 2 aromatic rings. The van der Waals surface area contributed by atoms with E-state index in [1.807, 2.05) is 18.2 Å². The maximum Gasteiger partial charge on any atom is 0.340 e. The van der Waals surface area contributed by atoms with Crippen LogP contribution in [0.3, 0.4) is 0 Å². The molecular weight excluding hydrogens is 280 g/mol. The molecule has 1 aromatic carbocycles. The van der Waals surface area contributed by atoms with Crippen molar-refractivity contribution in [2.45, 2.75) is 13.8 Å². The number of aryl methyl sites for hydroxylation is 1. The number of carbonyl (C=O) groups excluding carboxylic acids is 1. The Morgan fingerprint density at radius 3 is 2.82 bits per heavy atom. The summed E-state index contributed by atoms with van der Waals surface area (Å²) in [7, 11) is 0. The summed E-state index contributed by atoms with van der Waals surface area (Å²) >= 11 is 0. The molecule has 0 unspecified atom stereocenters. The summed E-state index contributed by atoms with van der Waals surface area (Å²) < 4.78 is 4.96. The average Bonchev–Trinajstić information content (AvgIpc) is 2.50. The van der Waals surface area contributed by atoms with Crippen molar-refractivity contribution in [1.29, 1.82) is 5.26 Å². The Kier molecular flexibility index (Phi) is 4.59. The van der Waals surface area contributed by atoms with Gasteiger partial charge in [0.1, 0.15) is 11.9 Å². The summed E-state index contributed by atoms with van der Waals surface area (Å²) in [5.74, 6) is -0.138. The lowest BCUT2D eigenvalue weighted by atomic mass is 10.1. The normalized spacial score (nSPS) is 9.86. The first-order valence-electron chi connectivity index (χ1n) is 6.77. The number of para-hydroxylation sites is 2. The summed E-state index contributed by atoms with van der Waals surface area (Å²) in [4.78, 5) is 16.1. The number of carbonyl (C=O) groups is 1. The highest BCUT2D eigenvalue weighted by molar-refractivity contribution is 5.91. The van der Waals surface area contributed by atoms with Gasteiger partial charge in [-0.3, -0.25) is 0 Å². The molecule has 22 heavy (non-hydrogen) atoms. The van der Waals surface area contributed by atoms with E-state index in [0.29, 0.717) is 22.9 Å². The number of ether oxygens (including phenoxy) is 1. The molecule has 0 aliphatic carbocycles. The van der Waals surface area contributed by atoms with E-state index in [2.05, 4.69) is 10.3 Å². The lowest BCUT2D eigenvalue weighted by Crippen LogP contribution is -2.10. The molecule has 0 atom stereocenters. The van der Waals surface area contributed by atoms with Gasteiger partial charge in [0.15, 0.2) is 0 Å². The van der Waals surface area contributed by atoms with Gasteiger partial charge in [-0.25, -0.2) is 9.78 Å². The van der Waals surface area contributed by atoms with Gasteiger partial charge in [-0.15, -0.1) is 0 Å². The van der Waals surface area contributed by atoms with Crippen molar-refractivity contribution in [3.8, 4) is 6.07 Å². The van der Waals surface area contributed by atoms with Gasteiger partial charge in [0, 0.05) is 0 Å². The zero-order valence-electron chi connectivity index (χ0n) is 12.4. The van der Waals surface area contributed by atoms with Gasteiger partial charge in [-0.2, -0.15) is 5.26 Å². The predicted octanol–water partition coefficient (Wildman–Crippen LogP) is 2.76. The number of esters is 1. The molecule has 112 valence electrons. The minimum absolute atomic E-state index is 0.247. The van der Waals surface area contributed by atoms with Crippen molar-refractivity contribution in [1.82, 2.24) is 4.98 Å². The lowest BCUT2D eigenvalue weighted by molar-refractivity contribution is 0.0525. The Bertz CT molecular complexity index is 750. The summed E-state index contributed by atoms with van der Waals surface area (Å²) in [6.07, 6.45) is 0. The number of nitriles is 1. The predicted molar refractivity (Wildman–Crippen MR) is 83.8 cm³/mol. The summed E-state index contributed by atoms with van der Waals surface area (Å²) in [6, 6.07) is 10.7.